The Morgan fingerprint density at radius 1 is 1.00 bits per heavy atom. The Morgan fingerprint density at radius 3 is 2.42 bits per heavy atom. The fourth-order valence-corrected chi connectivity index (χ4v) is 2.89. The molecule has 0 radical (unpaired) electrons. The first-order chi connectivity index (χ1) is 12.3. The van der Waals surface area contributed by atoms with Gasteiger partial charge in [0.2, 0.25) is 0 Å². The molecule has 0 aliphatic rings. The minimum absolute atomic E-state index is 0.0753. The number of para-hydroxylation sites is 1. The van der Waals surface area contributed by atoms with Gasteiger partial charge in [-0.05, 0) is 36.8 Å². The molecule has 0 atom stereocenters. The van der Waals surface area contributed by atoms with E-state index in [0.29, 0.717) is 11.8 Å². The Hall–Kier alpha value is -2.83. The van der Waals surface area contributed by atoms with E-state index in [1.54, 1.807) is 24.3 Å². The van der Waals surface area contributed by atoms with Gasteiger partial charge in [-0.25, -0.2) is 4.79 Å². The van der Waals surface area contributed by atoms with Crippen LogP contribution in [0.1, 0.15) is 25.3 Å². The number of hydrogen-bond donors (Lipinski definition) is 0. The maximum atomic E-state index is 13.1. The van der Waals surface area contributed by atoms with Gasteiger partial charge in [0.05, 0.1) is 22.2 Å². The SMILES string of the molecule is CCCCn1c(=O)c2ccccc2n(-c2cccc(C(F)(F)F)c2)c1=O. The summed E-state index contributed by atoms with van der Waals surface area (Å²) in [5, 5.41) is 0.292. The van der Waals surface area contributed by atoms with E-state index in [1.807, 2.05) is 6.92 Å². The van der Waals surface area contributed by atoms with Crippen LogP contribution in [0, 0.1) is 0 Å². The van der Waals surface area contributed by atoms with Crippen LogP contribution in [0.5, 0.6) is 0 Å². The van der Waals surface area contributed by atoms with Crippen molar-refractivity contribution in [3.05, 3.63) is 74.9 Å². The summed E-state index contributed by atoms with van der Waals surface area (Å²) in [5.41, 5.74) is -1.55. The molecule has 0 spiro atoms. The molecule has 0 saturated carbocycles. The van der Waals surface area contributed by atoms with Crippen LogP contribution in [-0.4, -0.2) is 9.13 Å². The van der Waals surface area contributed by atoms with Gasteiger partial charge in [0.1, 0.15) is 0 Å². The molecule has 7 heteroatoms. The van der Waals surface area contributed by atoms with E-state index in [2.05, 4.69) is 0 Å². The van der Waals surface area contributed by atoms with Crippen LogP contribution in [0.25, 0.3) is 16.6 Å². The van der Waals surface area contributed by atoms with Gasteiger partial charge in [0.25, 0.3) is 5.56 Å². The van der Waals surface area contributed by atoms with Gasteiger partial charge in [-0.2, -0.15) is 13.2 Å². The highest BCUT2D eigenvalue weighted by molar-refractivity contribution is 5.79. The molecule has 3 rings (SSSR count). The van der Waals surface area contributed by atoms with Crippen molar-refractivity contribution in [1.29, 1.82) is 0 Å². The van der Waals surface area contributed by atoms with Crippen molar-refractivity contribution >= 4 is 10.9 Å². The molecule has 4 nitrogen and oxygen atoms in total. The molecule has 0 bridgehead atoms. The highest BCUT2D eigenvalue weighted by Crippen LogP contribution is 2.30. The first-order valence-corrected chi connectivity index (χ1v) is 8.27. The lowest BCUT2D eigenvalue weighted by molar-refractivity contribution is -0.137. The molecule has 0 amide bonds. The Balaban J connectivity index is 2.36. The van der Waals surface area contributed by atoms with Crippen LogP contribution in [0.4, 0.5) is 13.2 Å². The highest BCUT2D eigenvalue weighted by atomic mass is 19.4. The number of unbranched alkanes of at least 4 members (excludes halogenated alkanes) is 1. The second-order valence-electron chi connectivity index (χ2n) is 5.99. The average molecular weight is 362 g/mol. The van der Waals surface area contributed by atoms with Crippen molar-refractivity contribution < 1.29 is 13.2 Å². The number of hydrogen-bond acceptors (Lipinski definition) is 2. The van der Waals surface area contributed by atoms with E-state index < -0.39 is 23.0 Å². The molecule has 0 N–H and O–H groups in total. The zero-order valence-electron chi connectivity index (χ0n) is 14.1. The molecule has 26 heavy (non-hydrogen) atoms. The number of fused-ring (bicyclic) bond motifs is 1. The fraction of sp³-hybridized carbons (Fsp3) is 0.263. The van der Waals surface area contributed by atoms with E-state index in [-0.39, 0.29) is 17.7 Å². The van der Waals surface area contributed by atoms with E-state index in [4.69, 9.17) is 0 Å². The quantitative estimate of drug-likeness (QED) is 0.705. The monoisotopic (exact) mass is 362 g/mol. The van der Waals surface area contributed by atoms with Crippen LogP contribution in [0.3, 0.4) is 0 Å². The summed E-state index contributed by atoms with van der Waals surface area (Å²) in [7, 11) is 0. The zero-order valence-corrected chi connectivity index (χ0v) is 14.1. The van der Waals surface area contributed by atoms with Gasteiger partial charge < -0.3 is 0 Å². The average Bonchev–Trinajstić information content (AvgIpc) is 2.61. The van der Waals surface area contributed by atoms with Gasteiger partial charge in [-0.1, -0.05) is 31.5 Å². The van der Waals surface area contributed by atoms with E-state index >= 15 is 0 Å². The van der Waals surface area contributed by atoms with Gasteiger partial charge in [0, 0.05) is 6.54 Å². The molecular formula is C19H17F3N2O2. The first kappa shape index (κ1) is 18.0. The molecule has 0 saturated heterocycles. The number of alkyl halides is 3. The van der Waals surface area contributed by atoms with Gasteiger partial charge in [-0.15, -0.1) is 0 Å². The normalized spacial score (nSPS) is 11.8. The lowest BCUT2D eigenvalue weighted by Crippen LogP contribution is -2.39. The summed E-state index contributed by atoms with van der Waals surface area (Å²) >= 11 is 0. The lowest BCUT2D eigenvalue weighted by Gasteiger charge is -2.15. The Bertz CT molecular complexity index is 1060. The third kappa shape index (κ3) is 3.16. The van der Waals surface area contributed by atoms with Crippen LogP contribution >= 0.6 is 0 Å². The molecule has 0 fully saturated rings. The maximum absolute atomic E-state index is 13.1. The summed E-state index contributed by atoms with van der Waals surface area (Å²) in [5.74, 6) is 0. The molecular weight excluding hydrogens is 345 g/mol. The molecule has 0 aliphatic carbocycles. The lowest BCUT2D eigenvalue weighted by atomic mass is 10.1. The Kier molecular flexibility index (Phi) is 4.71. The summed E-state index contributed by atoms with van der Waals surface area (Å²) in [6, 6.07) is 11.0. The summed E-state index contributed by atoms with van der Waals surface area (Å²) < 4.78 is 41.5. The molecule has 0 aliphatic heterocycles. The third-order valence-corrected chi connectivity index (χ3v) is 4.21. The number of rotatable bonds is 4. The Labute approximate surface area is 147 Å². The van der Waals surface area contributed by atoms with Crippen LogP contribution in [0.2, 0.25) is 0 Å². The van der Waals surface area contributed by atoms with Crippen molar-refractivity contribution in [1.82, 2.24) is 9.13 Å². The molecule has 1 aromatic heterocycles. The summed E-state index contributed by atoms with van der Waals surface area (Å²) in [6.45, 7) is 2.15. The van der Waals surface area contributed by atoms with Gasteiger partial charge in [-0.3, -0.25) is 13.9 Å². The van der Waals surface area contributed by atoms with Crippen molar-refractivity contribution in [2.45, 2.75) is 32.5 Å². The highest BCUT2D eigenvalue weighted by Gasteiger charge is 2.30. The van der Waals surface area contributed by atoms with Crippen molar-refractivity contribution in [2.75, 3.05) is 0 Å². The van der Waals surface area contributed by atoms with Gasteiger partial charge in [0.15, 0.2) is 0 Å². The van der Waals surface area contributed by atoms with E-state index in [0.717, 1.165) is 23.1 Å². The number of benzene rings is 2. The van der Waals surface area contributed by atoms with Crippen LogP contribution < -0.4 is 11.2 Å². The second-order valence-corrected chi connectivity index (χ2v) is 5.99. The zero-order chi connectivity index (χ0) is 18.9. The molecule has 3 aromatic rings. The predicted octanol–water partition coefficient (Wildman–Crippen LogP) is 3.97. The number of nitrogens with zero attached hydrogens (tertiary/aromatic N) is 2. The fourth-order valence-electron chi connectivity index (χ4n) is 2.89. The molecule has 1 heterocycles. The summed E-state index contributed by atoms with van der Waals surface area (Å²) in [6.07, 6.45) is -3.12. The topological polar surface area (TPSA) is 44.0 Å². The second kappa shape index (κ2) is 6.82. The van der Waals surface area contributed by atoms with Gasteiger partial charge >= 0.3 is 11.9 Å². The van der Waals surface area contributed by atoms with Crippen LogP contribution in [-0.2, 0) is 12.7 Å². The number of halogens is 3. The minimum Gasteiger partial charge on any atom is -0.268 e. The summed E-state index contributed by atoms with van der Waals surface area (Å²) in [4.78, 5) is 25.6. The van der Waals surface area contributed by atoms with Crippen molar-refractivity contribution in [3.63, 3.8) is 0 Å². The number of aromatic nitrogens is 2. The minimum atomic E-state index is -4.52. The van der Waals surface area contributed by atoms with Crippen molar-refractivity contribution in [2.24, 2.45) is 0 Å². The third-order valence-electron chi connectivity index (χ3n) is 4.21. The smallest absolute Gasteiger partial charge is 0.268 e. The molecule has 0 unspecified atom stereocenters. The molecule has 2 aromatic carbocycles. The van der Waals surface area contributed by atoms with E-state index in [9.17, 15) is 22.8 Å². The largest absolute Gasteiger partial charge is 0.416 e. The van der Waals surface area contributed by atoms with Crippen LogP contribution in [0.15, 0.2) is 58.1 Å². The predicted molar refractivity (Wildman–Crippen MR) is 93.7 cm³/mol. The first-order valence-electron chi connectivity index (χ1n) is 8.27. The van der Waals surface area contributed by atoms with Crippen molar-refractivity contribution in [3.8, 4) is 5.69 Å². The molecule has 136 valence electrons. The standard InChI is InChI=1S/C19H17F3N2O2/c1-2-3-11-23-17(25)15-9-4-5-10-16(15)24(18(23)26)14-8-6-7-13(12-14)19(20,21)22/h4-10,12H,2-3,11H2,1H3. The maximum Gasteiger partial charge on any atom is 0.416 e. The van der Waals surface area contributed by atoms with E-state index in [1.165, 1.54) is 16.7 Å². The Morgan fingerprint density at radius 2 is 1.73 bits per heavy atom.